The molecular formula is C21H20F3N3O7. The van der Waals surface area contributed by atoms with Crippen LogP contribution in [0.25, 0.3) is 0 Å². The molecule has 2 aromatic carbocycles. The number of hydrogen-bond acceptors (Lipinski definition) is 8. The molecule has 0 atom stereocenters. The van der Waals surface area contributed by atoms with Crippen molar-refractivity contribution in [3.05, 3.63) is 57.9 Å². The molecule has 1 aliphatic rings. The second-order valence-electron chi connectivity index (χ2n) is 7.05. The summed E-state index contributed by atoms with van der Waals surface area (Å²) in [6.07, 6.45) is 0. The number of amides is 1. The SMILES string of the molecule is COc1cc(C(=O)OCC(=O)N2CCN(c3ccccc3F)CC2)c([N+](=O)[O-])cc1OC(F)F. The maximum Gasteiger partial charge on any atom is 0.387 e. The quantitative estimate of drug-likeness (QED) is 0.320. The lowest BCUT2D eigenvalue weighted by Crippen LogP contribution is -2.50. The minimum Gasteiger partial charge on any atom is -0.493 e. The maximum atomic E-state index is 13.9. The van der Waals surface area contributed by atoms with Crippen molar-refractivity contribution < 1.29 is 41.9 Å². The summed E-state index contributed by atoms with van der Waals surface area (Å²) in [5.74, 6) is -3.13. The summed E-state index contributed by atoms with van der Waals surface area (Å²) in [6.45, 7) is -2.77. The van der Waals surface area contributed by atoms with Crippen molar-refractivity contribution in [2.24, 2.45) is 0 Å². The number of piperazine rings is 1. The van der Waals surface area contributed by atoms with Gasteiger partial charge < -0.3 is 24.0 Å². The van der Waals surface area contributed by atoms with Crippen molar-refractivity contribution in [2.45, 2.75) is 6.61 Å². The Morgan fingerprint density at radius 1 is 1.12 bits per heavy atom. The van der Waals surface area contributed by atoms with Gasteiger partial charge >= 0.3 is 12.6 Å². The van der Waals surface area contributed by atoms with Crippen molar-refractivity contribution in [1.29, 1.82) is 0 Å². The molecule has 1 fully saturated rings. The summed E-state index contributed by atoms with van der Waals surface area (Å²) in [5, 5.41) is 11.3. The second kappa shape index (κ2) is 10.7. The number of methoxy groups -OCH3 is 1. The smallest absolute Gasteiger partial charge is 0.387 e. The predicted molar refractivity (Wildman–Crippen MR) is 112 cm³/mol. The van der Waals surface area contributed by atoms with E-state index in [4.69, 9.17) is 9.47 Å². The van der Waals surface area contributed by atoms with Crippen molar-refractivity contribution in [2.75, 3.05) is 44.8 Å². The number of carbonyl (C=O) groups excluding carboxylic acids is 2. The molecule has 0 spiro atoms. The average molecular weight is 483 g/mol. The lowest BCUT2D eigenvalue weighted by molar-refractivity contribution is -0.385. The lowest BCUT2D eigenvalue weighted by Gasteiger charge is -2.36. The molecule has 2 aromatic rings. The molecule has 0 saturated carbocycles. The number of anilines is 1. The first kappa shape index (κ1) is 24.6. The zero-order valence-electron chi connectivity index (χ0n) is 17.9. The first-order chi connectivity index (χ1) is 16.2. The average Bonchev–Trinajstić information content (AvgIpc) is 2.82. The van der Waals surface area contributed by atoms with E-state index in [9.17, 15) is 32.9 Å². The van der Waals surface area contributed by atoms with E-state index in [1.165, 1.54) is 11.0 Å². The maximum absolute atomic E-state index is 13.9. The molecule has 13 heteroatoms. The van der Waals surface area contributed by atoms with Crippen LogP contribution in [0.2, 0.25) is 0 Å². The van der Waals surface area contributed by atoms with Crippen molar-refractivity contribution in [1.82, 2.24) is 4.90 Å². The van der Waals surface area contributed by atoms with Crippen LogP contribution in [0.5, 0.6) is 11.5 Å². The van der Waals surface area contributed by atoms with E-state index in [0.29, 0.717) is 24.8 Å². The highest BCUT2D eigenvalue weighted by Gasteiger charge is 2.29. The minimum absolute atomic E-state index is 0.248. The van der Waals surface area contributed by atoms with Crippen LogP contribution in [0.3, 0.4) is 0 Å². The molecule has 1 amide bonds. The number of nitro benzene ring substituents is 1. The highest BCUT2D eigenvalue weighted by atomic mass is 19.3. The number of hydrogen-bond donors (Lipinski definition) is 0. The van der Waals surface area contributed by atoms with Crippen molar-refractivity contribution in [3.8, 4) is 11.5 Å². The van der Waals surface area contributed by atoms with Gasteiger partial charge in [0.25, 0.3) is 11.6 Å². The van der Waals surface area contributed by atoms with Gasteiger partial charge in [-0.05, 0) is 12.1 Å². The van der Waals surface area contributed by atoms with Gasteiger partial charge in [0.15, 0.2) is 18.1 Å². The van der Waals surface area contributed by atoms with Gasteiger partial charge in [-0.3, -0.25) is 14.9 Å². The van der Waals surface area contributed by atoms with Crippen LogP contribution in [0.4, 0.5) is 24.5 Å². The van der Waals surface area contributed by atoms with E-state index in [0.717, 1.165) is 13.2 Å². The van der Waals surface area contributed by atoms with E-state index in [-0.39, 0.29) is 24.7 Å². The molecule has 10 nitrogen and oxygen atoms in total. The number of benzene rings is 2. The van der Waals surface area contributed by atoms with Gasteiger partial charge in [-0.1, -0.05) is 12.1 Å². The van der Waals surface area contributed by atoms with Crippen LogP contribution in [-0.4, -0.2) is 68.2 Å². The van der Waals surface area contributed by atoms with Gasteiger partial charge in [-0.25, -0.2) is 9.18 Å². The molecule has 1 aliphatic heterocycles. The molecular weight excluding hydrogens is 463 g/mol. The minimum atomic E-state index is -3.28. The number of para-hydroxylation sites is 1. The zero-order valence-corrected chi connectivity index (χ0v) is 17.9. The third-order valence-corrected chi connectivity index (χ3v) is 5.07. The van der Waals surface area contributed by atoms with E-state index >= 15 is 0 Å². The molecule has 1 saturated heterocycles. The van der Waals surface area contributed by atoms with E-state index < -0.39 is 47.0 Å². The van der Waals surface area contributed by atoms with Crippen LogP contribution >= 0.6 is 0 Å². The molecule has 182 valence electrons. The Kier molecular flexibility index (Phi) is 7.76. The number of rotatable bonds is 8. The van der Waals surface area contributed by atoms with Gasteiger partial charge in [0, 0.05) is 32.2 Å². The predicted octanol–water partition coefficient (Wildman–Crippen LogP) is 2.85. The fourth-order valence-corrected chi connectivity index (χ4v) is 3.41. The van der Waals surface area contributed by atoms with Crippen LogP contribution in [0, 0.1) is 15.9 Å². The highest BCUT2D eigenvalue weighted by Crippen LogP contribution is 2.36. The molecule has 0 aromatic heterocycles. The van der Waals surface area contributed by atoms with Crippen LogP contribution in [-0.2, 0) is 9.53 Å². The topological polar surface area (TPSA) is 111 Å². The standard InChI is InChI=1S/C21H20F3N3O7/c1-32-17-10-13(16(27(30)31)11-18(17)34-21(23)24)20(29)33-12-19(28)26-8-6-25(7-9-26)15-5-3-2-4-14(15)22/h2-5,10-11,21H,6-9,12H2,1H3. The lowest BCUT2D eigenvalue weighted by atomic mass is 10.1. The second-order valence-corrected chi connectivity index (χ2v) is 7.05. The Morgan fingerprint density at radius 2 is 1.79 bits per heavy atom. The number of ether oxygens (including phenoxy) is 3. The fourth-order valence-electron chi connectivity index (χ4n) is 3.41. The highest BCUT2D eigenvalue weighted by molar-refractivity contribution is 5.96. The number of esters is 1. The van der Waals surface area contributed by atoms with Crippen molar-refractivity contribution in [3.63, 3.8) is 0 Å². The third-order valence-electron chi connectivity index (χ3n) is 5.07. The van der Waals surface area contributed by atoms with Crippen LogP contribution in [0.1, 0.15) is 10.4 Å². The Balaban J connectivity index is 1.63. The molecule has 0 aliphatic carbocycles. The van der Waals surface area contributed by atoms with Gasteiger partial charge in [-0.15, -0.1) is 0 Å². The van der Waals surface area contributed by atoms with Crippen molar-refractivity contribution >= 4 is 23.3 Å². The van der Waals surface area contributed by atoms with Gasteiger partial charge in [0.2, 0.25) is 0 Å². The number of nitrogens with zero attached hydrogens (tertiary/aromatic N) is 3. The van der Waals surface area contributed by atoms with Gasteiger partial charge in [0.05, 0.1) is 23.8 Å². The van der Waals surface area contributed by atoms with Gasteiger partial charge in [0.1, 0.15) is 11.4 Å². The first-order valence-electron chi connectivity index (χ1n) is 9.97. The Morgan fingerprint density at radius 3 is 2.38 bits per heavy atom. The zero-order chi connectivity index (χ0) is 24.8. The fraction of sp³-hybridized carbons (Fsp3) is 0.333. The summed E-state index contributed by atoms with van der Waals surface area (Å²) in [5.41, 5.74) is -1.03. The number of alkyl halides is 2. The summed E-state index contributed by atoms with van der Waals surface area (Å²) in [4.78, 5) is 38.4. The molecule has 3 rings (SSSR count). The summed E-state index contributed by atoms with van der Waals surface area (Å²) in [7, 11) is 1.10. The van der Waals surface area contributed by atoms with Crippen LogP contribution < -0.4 is 14.4 Å². The largest absolute Gasteiger partial charge is 0.493 e. The van der Waals surface area contributed by atoms with Gasteiger partial charge in [-0.2, -0.15) is 8.78 Å². The number of nitro groups is 1. The monoisotopic (exact) mass is 483 g/mol. The van der Waals surface area contributed by atoms with Crippen LogP contribution in [0.15, 0.2) is 36.4 Å². The normalized spacial score (nSPS) is 13.6. The Hall–Kier alpha value is -4.03. The molecule has 0 N–H and O–H groups in total. The molecule has 0 unspecified atom stereocenters. The molecule has 0 bridgehead atoms. The number of halogens is 3. The molecule has 34 heavy (non-hydrogen) atoms. The first-order valence-corrected chi connectivity index (χ1v) is 9.97. The van der Waals surface area contributed by atoms with E-state index in [1.807, 2.05) is 0 Å². The summed E-state index contributed by atoms with van der Waals surface area (Å²) < 4.78 is 53.0. The van der Waals surface area contributed by atoms with E-state index in [1.54, 1.807) is 23.1 Å². The van der Waals surface area contributed by atoms with E-state index in [2.05, 4.69) is 4.74 Å². The number of carbonyl (C=O) groups is 2. The molecule has 1 heterocycles. The Bertz CT molecular complexity index is 1080. The third kappa shape index (κ3) is 5.66. The Labute approximate surface area is 191 Å². The summed E-state index contributed by atoms with van der Waals surface area (Å²) in [6, 6.07) is 7.70. The summed E-state index contributed by atoms with van der Waals surface area (Å²) >= 11 is 0. The molecule has 0 radical (unpaired) electrons.